The number of carbonyl (C=O) groups is 2. The largest absolute Gasteiger partial charge is 0.504 e. The van der Waals surface area contributed by atoms with Gasteiger partial charge in [0.1, 0.15) is 0 Å². The number of carbonyl (C=O) groups excluding carboxylic acids is 2. The number of methoxy groups -OCH3 is 1. The van der Waals surface area contributed by atoms with Gasteiger partial charge in [-0.2, -0.15) is 5.26 Å². The van der Waals surface area contributed by atoms with Crippen LogP contribution in [0, 0.1) is 11.3 Å². The molecule has 0 radical (unpaired) electrons. The summed E-state index contributed by atoms with van der Waals surface area (Å²) >= 11 is 0. The maximum absolute atomic E-state index is 12.6. The zero-order chi connectivity index (χ0) is 17.3. The fourth-order valence-electron chi connectivity index (χ4n) is 2.70. The molecule has 0 bridgehead atoms. The number of ether oxygens (including phenoxy) is 1. The zero-order valence-corrected chi connectivity index (χ0v) is 12.9. The quantitative estimate of drug-likeness (QED) is 0.855. The minimum absolute atomic E-state index is 0.0316. The number of hydrogen-bond acceptors (Lipinski definition) is 5. The van der Waals surface area contributed by atoms with Gasteiger partial charge in [0.05, 0.1) is 18.7 Å². The van der Waals surface area contributed by atoms with Crippen LogP contribution in [0.15, 0.2) is 36.4 Å². The number of phenols is 1. The summed E-state index contributed by atoms with van der Waals surface area (Å²) in [6.07, 6.45) is 0.459. The maximum atomic E-state index is 12.6. The SMILES string of the molecule is COc1cc2c(cc1O)CCN(C(=O)c1ccc(C#N)cc1)C2=O. The van der Waals surface area contributed by atoms with Crippen LogP contribution in [-0.2, 0) is 6.42 Å². The van der Waals surface area contributed by atoms with Gasteiger partial charge in [-0.1, -0.05) is 0 Å². The molecule has 3 rings (SSSR count). The summed E-state index contributed by atoms with van der Waals surface area (Å²) in [5.41, 5.74) is 1.82. The van der Waals surface area contributed by atoms with Gasteiger partial charge in [0.2, 0.25) is 0 Å². The highest BCUT2D eigenvalue weighted by Gasteiger charge is 2.30. The van der Waals surface area contributed by atoms with Crippen molar-refractivity contribution in [3.05, 3.63) is 58.7 Å². The molecule has 1 heterocycles. The number of aromatic hydroxyl groups is 1. The van der Waals surface area contributed by atoms with E-state index in [9.17, 15) is 14.7 Å². The van der Waals surface area contributed by atoms with E-state index < -0.39 is 11.8 Å². The molecule has 0 unspecified atom stereocenters. The molecule has 6 nitrogen and oxygen atoms in total. The molecular formula is C18H14N2O4. The van der Waals surface area contributed by atoms with E-state index >= 15 is 0 Å². The Hall–Kier alpha value is -3.33. The Balaban J connectivity index is 1.92. The van der Waals surface area contributed by atoms with Gasteiger partial charge in [0.15, 0.2) is 11.5 Å². The first-order valence-corrected chi connectivity index (χ1v) is 7.31. The molecule has 0 saturated carbocycles. The lowest BCUT2D eigenvalue weighted by Crippen LogP contribution is -2.42. The Morgan fingerprint density at radius 2 is 2.00 bits per heavy atom. The van der Waals surface area contributed by atoms with Crippen LogP contribution < -0.4 is 4.74 Å². The topological polar surface area (TPSA) is 90.6 Å². The first-order valence-electron chi connectivity index (χ1n) is 7.31. The van der Waals surface area contributed by atoms with Gasteiger partial charge >= 0.3 is 0 Å². The summed E-state index contributed by atoms with van der Waals surface area (Å²) in [4.78, 5) is 26.4. The molecule has 0 saturated heterocycles. The number of rotatable bonds is 2. The molecule has 1 N–H and O–H groups in total. The van der Waals surface area contributed by atoms with Crippen molar-refractivity contribution in [3.8, 4) is 17.6 Å². The fraction of sp³-hybridized carbons (Fsp3) is 0.167. The number of hydrogen-bond donors (Lipinski definition) is 1. The second-order valence-corrected chi connectivity index (χ2v) is 5.38. The second-order valence-electron chi connectivity index (χ2n) is 5.38. The molecule has 1 aliphatic rings. The molecule has 2 aromatic carbocycles. The van der Waals surface area contributed by atoms with Crippen LogP contribution in [0.2, 0.25) is 0 Å². The highest BCUT2D eigenvalue weighted by molar-refractivity contribution is 6.11. The van der Waals surface area contributed by atoms with Crippen molar-refractivity contribution in [1.29, 1.82) is 5.26 Å². The lowest BCUT2D eigenvalue weighted by Gasteiger charge is -2.27. The maximum Gasteiger partial charge on any atom is 0.261 e. The minimum Gasteiger partial charge on any atom is -0.504 e. The number of phenolic OH excluding ortho intramolecular Hbond substituents is 1. The lowest BCUT2D eigenvalue weighted by atomic mass is 9.97. The monoisotopic (exact) mass is 322 g/mol. The first-order chi connectivity index (χ1) is 11.5. The van der Waals surface area contributed by atoms with E-state index in [0.29, 0.717) is 28.7 Å². The van der Waals surface area contributed by atoms with E-state index in [0.717, 1.165) is 0 Å². The summed E-state index contributed by atoms with van der Waals surface area (Å²) in [7, 11) is 1.40. The van der Waals surface area contributed by atoms with Crippen LogP contribution in [0.5, 0.6) is 11.5 Å². The zero-order valence-electron chi connectivity index (χ0n) is 12.9. The predicted octanol–water partition coefficient (Wildman–Crippen LogP) is 2.11. The summed E-state index contributed by atoms with van der Waals surface area (Å²) in [5.74, 6) is -0.684. The Bertz CT molecular complexity index is 866. The number of nitriles is 1. The molecule has 2 aromatic rings. The molecule has 0 spiro atoms. The van der Waals surface area contributed by atoms with Gasteiger partial charge in [0, 0.05) is 17.7 Å². The Kier molecular flexibility index (Phi) is 3.92. The van der Waals surface area contributed by atoms with E-state index in [1.807, 2.05) is 6.07 Å². The van der Waals surface area contributed by atoms with Crippen molar-refractivity contribution in [2.75, 3.05) is 13.7 Å². The van der Waals surface area contributed by atoms with Crippen molar-refractivity contribution in [3.63, 3.8) is 0 Å². The number of fused-ring (bicyclic) bond motifs is 1. The normalized spacial score (nSPS) is 13.2. The molecule has 2 amide bonds. The standard InChI is InChI=1S/C18H14N2O4/c1-24-16-9-14-13(8-15(16)21)6-7-20(18(14)23)17(22)12-4-2-11(10-19)3-5-12/h2-5,8-9,21H,6-7H2,1H3. The molecule has 1 aliphatic heterocycles. The highest BCUT2D eigenvalue weighted by Crippen LogP contribution is 2.32. The second kappa shape index (κ2) is 6.05. The molecule has 0 fully saturated rings. The summed E-state index contributed by atoms with van der Waals surface area (Å²) in [5, 5.41) is 18.6. The third-order valence-electron chi connectivity index (χ3n) is 3.99. The van der Waals surface area contributed by atoms with E-state index in [1.165, 1.54) is 48.4 Å². The Labute approximate surface area is 138 Å². The summed E-state index contributed by atoms with van der Waals surface area (Å²) in [6, 6.07) is 11.1. The molecule has 0 aliphatic carbocycles. The predicted molar refractivity (Wildman–Crippen MR) is 84.9 cm³/mol. The van der Waals surface area contributed by atoms with Crippen molar-refractivity contribution in [2.24, 2.45) is 0 Å². The number of benzene rings is 2. The van der Waals surface area contributed by atoms with Gasteiger partial charge < -0.3 is 9.84 Å². The Morgan fingerprint density at radius 3 is 2.62 bits per heavy atom. The van der Waals surface area contributed by atoms with E-state index in [-0.39, 0.29) is 18.0 Å². The molecule has 0 aromatic heterocycles. The average Bonchev–Trinajstić information content (AvgIpc) is 2.61. The van der Waals surface area contributed by atoms with Crippen LogP contribution in [0.1, 0.15) is 31.8 Å². The average molecular weight is 322 g/mol. The molecule has 6 heteroatoms. The van der Waals surface area contributed by atoms with Crippen LogP contribution in [0.25, 0.3) is 0 Å². The summed E-state index contributed by atoms with van der Waals surface area (Å²) < 4.78 is 5.03. The fourth-order valence-corrected chi connectivity index (χ4v) is 2.70. The first kappa shape index (κ1) is 15.6. The van der Waals surface area contributed by atoms with Gasteiger partial charge in [-0.25, -0.2) is 0 Å². The summed E-state index contributed by atoms with van der Waals surface area (Å²) in [6.45, 7) is 0.233. The smallest absolute Gasteiger partial charge is 0.261 e. The highest BCUT2D eigenvalue weighted by atomic mass is 16.5. The van der Waals surface area contributed by atoms with Gasteiger partial charge in [-0.3, -0.25) is 14.5 Å². The van der Waals surface area contributed by atoms with E-state index in [1.54, 1.807) is 0 Å². The van der Waals surface area contributed by atoms with E-state index in [2.05, 4.69) is 0 Å². The van der Waals surface area contributed by atoms with Crippen molar-refractivity contribution in [1.82, 2.24) is 4.90 Å². The van der Waals surface area contributed by atoms with Gasteiger partial charge in [-0.15, -0.1) is 0 Å². The van der Waals surface area contributed by atoms with Crippen LogP contribution >= 0.6 is 0 Å². The number of nitrogens with zero attached hydrogens (tertiary/aromatic N) is 2. The molecule has 120 valence electrons. The van der Waals surface area contributed by atoms with Crippen LogP contribution in [-0.4, -0.2) is 35.5 Å². The van der Waals surface area contributed by atoms with Gasteiger partial charge in [0.25, 0.3) is 11.8 Å². The number of imide groups is 1. The van der Waals surface area contributed by atoms with Crippen LogP contribution in [0.4, 0.5) is 0 Å². The molecular weight excluding hydrogens is 308 g/mol. The van der Waals surface area contributed by atoms with Crippen molar-refractivity contribution < 1.29 is 19.4 Å². The van der Waals surface area contributed by atoms with Crippen molar-refractivity contribution >= 4 is 11.8 Å². The van der Waals surface area contributed by atoms with Crippen LogP contribution in [0.3, 0.4) is 0 Å². The van der Waals surface area contributed by atoms with Crippen molar-refractivity contribution in [2.45, 2.75) is 6.42 Å². The number of amides is 2. The minimum atomic E-state index is -0.427. The third kappa shape index (κ3) is 2.57. The Morgan fingerprint density at radius 1 is 1.29 bits per heavy atom. The lowest BCUT2D eigenvalue weighted by molar-refractivity contribution is 0.0604. The van der Waals surface area contributed by atoms with E-state index in [4.69, 9.17) is 10.00 Å². The van der Waals surface area contributed by atoms with Gasteiger partial charge in [-0.05, 0) is 48.4 Å². The molecule has 24 heavy (non-hydrogen) atoms. The molecule has 0 atom stereocenters. The third-order valence-corrected chi connectivity index (χ3v) is 3.99.